The molecule has 1 atom stereocenters. The molecule has 2 aromatic carbocycles. The summed E-state index contributed by atoms with van der Waals surface area (Å²) in [6, 6.07) is 18.8. The zero-order valence-electron chi connectivity index (χ0n) is 15.9. The van der Waals surface area contributed by atoms with Gasteiger partial charge in [-0.25, -0.2) is 4.98 Å². The summed E-state index contributed by atoms with van der Waals surface area (Å²) < 4.78 is 10.9. The molecule has 0 aliphatic rings. The summed E-state index contributed by atoms with van der Waals surface area (Å²) in [7, 11) is 1.65. The molecule has 0 saturated heterocycles. The maximum Gasteiger partial charge on any atom is 0.307 e. The molecule has 0 aliphatic carbocycles. The molecule has 3 aromatic rings. The lowest BCUT2D eigenvalue weighted by atomic mass is 10.2. The van der Waals surface area contributed by atoms with Crippen molar-refractivity contribution >= 4 is 17.6 Å². The smallest absolute Gasteiger partial charge is 0.307 e. The van der Waals surface area contributed by atoms with Gasteiger partial charge in [-0.2, -0.15) is 0 Å². The Hall–Kier alpha value is -3.41. The zero-order valence-corrected chi connectivity index (χ0v) is 15.9. The van der Waals surface area contributed by atoms with Gasteiger partial charge in [0.25, 0.3) is 5.91 Å². The standard InChI is InChI=1S/C22H22N2O4/c1-16(22(26)24(2)18-11-7-4-8-12-18)27-21(25)14-13-20-23-15-19(28-20)17-9-5-3-6-10-17/h3-12,15-16H,13-14H2,1-2H3. The number of para-hydroxylation sites is 1. The highest BCUT2D eigenvalue weighted by molar-refractivity contribution is 5.96. The summed E-state index contributed by atoms with van der Waals surface area (Å²) in [4.78, 5) is 30.2. The number of nitrogens with zero attached hydrogens (tertiary/aromatic N) is 2. The van der Waals surface area contributed by atoms with Crippen LogP contribution >= 0.6 is 0 Å². The molecule has 0 aliphatic heterocycles. The Balaban J connectivity index is 1.50. The Bertz CT molecular complexity index is 922. The number of carbonyl (C=O) groups is 2. The number of esters is 1. The molecular weight excluding hydrogens is 356 g/mol. The molecule has 0 fully saturated rings. The van der Waals surface area contributed by atoms with Crippen LogP contribution in [0.2, 0.25) is 0 Å². The van der Waals surface area contributed by atoms with E-state index in [4.69, 9.17) is 9.15 Å². The van der Waals surface area contributed by atoms with Gasteiger partial charge in [0.1, 0.15) is 0 Å². The van der Waals surface area contributed by atoms with Gasteiger partial charge in [-0.1, -0.05) is 48.5 Å². The number of benzene rings is 2. The second-order valence-electron chi connectivity index (χ2n) is 6.35. The van der Waals surface area contributed by atoms with Gasteiger partial charge < -0.3 is 14.1 Å². The Labute approximate surface area is 163 Å². The van der Waals surface area contributed by atoms with Crippen LogP contribution in [0.5, 0.6) is 0 Å². The van der Waals surface area contributed by atoms with E-state index < -0.39 is 12.1 Å². The molecule has 6 nitrogen and oxygen atoms in total. The molecule has 1 heterocycles. The minimum Gasteiger partial charge on any atom is -0.453 e. The van der Waals surface area contributed by atoms with Crippen LogP contribution in [0.4, 0.5) is 5.69 Å². The summed E-state index contributed by atoms with van der Waals surface area (Å²) in [5, 5.41) is 0. The number of aromatic nitrogens is 1. The SMILES string of the molecule is CC(OC(=O)CCc1ncc(-c2ccccc2)o1)C(=O)N(C)c1ccccc1. The molecule has 1 aromatic heterocycles. The van der Waals surface area contributed by atoms with Crippen molar-refractivity contribution in [2.45, 2.75) is 25.9 Å². The molecule has 6 heteroatoms. The van der Waals surface area contributed by atoms with Crippen LogP contribution in [0, 0.1) is 0 Å². The van der Waals surface area contributed by atoms with Crippen molar-refractivity contribution in [1.82, 2.24) is 4.98 Å². The molecule has 0 saturated carbocycles. The Morgan fingerprint density at radius 1 is 1.07 bits per heavy atom. The van der Waals surface area contributed by atoms with E-state index in [1.165, 1.54) is 4.90 Å². The first-order valence-electron chi connectivity index (χ1n) is 9.07. The van der Waals surface area contributed by atoms with E-state index in [1.807, 2.05) is 60.7 Å². The van der Waals surface area contributed by atoms with Gasteiger partial charge in [-0.3, -0.25) is 9.59 Å². The molecule has 0 radical (unpaired) electrons. The van der Waals surface area contributed by atoms with Crippen molar-refractivity contribution < 1.29 is 18.7 Å². The third-order valence-electron chi connectivity index (χ3n) is 4.28. The molecule has 0 spiro atoms. The number of ether oxygens (including phenoxy) is 1. The maximum absolute atomic E-state index is 12.4. The van der Waals surface area contributed by atoms with Crippen molar-refractivity contribution in [2.75, 3.05) is 11.9 Å². The fourth-order valence-electron chi connectivity index (χ4n) is 2.73. The number of rotatable bonds is 7. The lowest BCUT2D eigenvalue weighted by molar-refractivity contribution is -0.153. The monoisotopic (exact) mass is 378 g/mol. The number of carbonyl (C=O) groups excluding carboxylic acids is 2. The average molecular weight is 378 g/mol. The predicted molar refractivity (Wildman–Crippen MR) is 106 cm³/mol. The van der Waals surface area contributed by atoms with E-state index in [9.17, 15) is 9.59 Å². The number of hydrogen-bond donors (Lipinski definition) is 0. The van der Waals surface area contributed by atoms with E-state index in [1.54, 1.807) is 20.2 Å². The number of anilines is 1. The third kappa shape index (κ3) is 4.85. The Kier molecular flexibility index (Phi) is 6.22. The van der Waals surface area contributed by atoms with E-state index in [2.05, 4.69) is 4.98 Å². The highest BCUT2D eigenvalue weighted by Gasteiger charge is 2.22. The Morgan fingerprint density at radius 2 is 1.71 bits per heavy atom. The molecule has 0 bridgehead atoms. The Morgan fingerprint density at radius 3 is 2.39 bits per heavy atom. The first-order valence-corrected chi connectivity index (χ1v) is 9.07. The van der Waals surface area contributed by atoms with E-state index >= 15 is 0 Å². The van der Waals surface area contributed by atoms with E-state index in [-0.39, 0.29) is 12.3 Å². The largest absolute Gasteiger partial charge is 0.453 e. The van der Waals surface area contributed by atoms with Crippen LogP contribution in [-0.4, -0.2) is 30.0 Å². The minimum atomic E-state index is -0.873. The molecule has 144 valence electrons. The summed E-state index contributed by atoms with van der Waals surface area (Å²) in [5.74, 6) is 0.344. The fraction of sp³-hybridized carbons (Fsp3) is 0.227. The van der Waals surface area contributed by atoms with Gasteiger partial charge >= 0.3 is 5.97 Å². The first kappa shape index (κ1) is 19.4. The first-order chi connectivity index (χ1) is 13.5. The summed E-state index contributed by atoms with van der Waals surface area (Å²) in [5.41, 5.74) is 1.66. The second kappa shape index (κ2) is 8.99. The van der Waals surface area contributed by atoms with Crippen LogP contribution in [0.15, 0.2) is 71.3 Å². The maximum atomic E-state index is 12.4. The minimum absolute atomic E-state index is 0.0847. The number of hydrogen-bond acceptors (Lipinski definition) is 5. The predicted octanol–water partition coefficient (Wildman–Crippen LogP) is 3.87. The quantitative estimate of drug-likeness (QED) is 0.584. The van der Waals surface area contributed by atoms with Crippen LogP contribution in [0.3, 0.4) is 0 Å². The number of aryl methyl sites for hydroxylation is 1. The lowest BCUT2D eigenvalue weighted by Gasteiger charge is -2.21. The lowest BCUT2D eigenvalue weighted by Crippen LogP contribution is -2.37. The summed E-state index contributed by atoms with van der Waals surface area (Å²) in [6.07, 6.45) is 1.15. The van der Waals surface area contributed by atoms with Crippen molar-refractivity contribution in [3.8, 4) is 11.3 Å². The highest BCUT2D eigenvalue weighted by Crippen LogP contribution is 2.20. The second-order valence-corrected chi connectivity index (χ2v) is 6.35. The zero-order chi connectivity index (χ0) is 19.9. The number of amides is 1. The number of likely N-dealkylation sites (N-methyl/N-ethyl adjacent to an activating group) is 1. The van der Waals surface area contributed by atoms with Gasteiger partial charge in [-0.15, -0.1) is 0 Å². The normalized spacial score (nSPS) is 11.6. The van der Waals surface area contributed by atoms with Gasteiger partial charge in [0.15, 0.2) is 17.8 Å². The molecule has 0 N–H and O–H groups in total. The highest BCUT2D eigenvalue weighted by atomic mass is 16.5. The van der Waals surface area contributed by atoms with Crippen molar-refractivity contribution in [2.24, 2.45) is 0 Å². The molecule has 1 unspecified atom stereocenters. The van der Waals surface area contributed by atoms with Crippen LogP contribution in [0.25, 0.3) is 11.3 Å². The van der Waals surface area contributed by atoms with Gasteiger partial charge in [0.05, 0.1) is 12.6 Å². The average Bonchev–Trinajstić information content (AvgIpc) is 3.21. The third-order valence-corrected chi connectivity index (χ3v) is 4.28. The molecule has 28 heavy (non-hydrogen) atoms. The van der Waals surface area contributed by atoms with Crippen LogP contribution in [-0.2, 0) is 20.7 Å². The fourth-order valence-corrected chi connectivity index (χ4v) is 2.73. The molecular formula is C22H22N2O4. The van der Waals surface area contributed by atoms with Crippen LogP contribution in [0.1, 0.15) is 19.2 Å². The van der Waals surface area contributed by atoms with Gasteiger partial charge in [-0.05, 0) is 19.1 Å². The molecule has 1 amide bonds. The summed E-state index contributed by atoms with van der Waals surface area (Å²) >= 11 is 0. The van der Waals surface area contributed by atoms with E-state index in [0.717, 1.165) is 11.3 Å². The van der Waals surface area contributed by atoms with Gasteiger partial charge in [0, 0.05) is 24.7 Å². The van der Waals surface area contributed by atoms with E-state index in [0.29, 0.717) is 18.1 Å². The number of oxazole rings is 1. The van der Waals surface area contributed by atoms with Gasteiger partial charge in [0.2, 0.25) is 0 Å². The van der Waals surface area contributed by atoms with Crippen LogP contribution < -0.4 is 4.90 Å². The van der Waals surface area contributed by atoms with Crippen molar-refractivity contribution in [3.63, 3.8) is 0 Å². The van der Waals surface area contributed by atoms with Crippen molar-refractivity contribution in [3.05, 3.63) is 72.8 Å². The topological polar surface area (TPSA) is 72.6 Å². The van der Waals surface area contributed by atoms with Crippen molar-refractivity contribution in [1.29, 1.82) is 0 Å². The summed E-state index contributed by atoms with van der Waals surface area (Å²) in [6.45, 7) is 1.57. The molecule has 3 rings (SSSR count).